The molecule has 0 unspecified atom stereocenters. The molecule has 0 amide bonds. The molecule has 0 N–H and O–H groups in total. The van der Waals surface area contributed by atoms with E-state index in [1.54, 1.807) is 12.1 Å². The molecule has 1 aromatic carbocycles. The summed E-state index contributed by atoms with van der Waals surface area (Å²) < 4.78 is 0. The summed E-state index contributed by atoms with van der Waals surface area (Å²) in [6.07, 6.45) is 1.49. The molecule has 11 heavy (non-hydrogen) atoms. The van der Waals surface area contributed by atoms with Crippen LogP contribution in [0.3, 0.4) is 0 Å². The summed E-state index contributed by atoms with van der Waals surface area (Å²) in [5.41, 5.74) is 1.68. The molecule has 0 fully saturated rings. The smallest absolute Gasteiger partial charge is 0.211 e. The van der Waals surface area contributed by atoms with Crippen LogP contribution in [0.5, 0.6) is 0 Å². The molecule has 2 nitrogen and oxygen atoms in total. The van der Waals surface area contributed by atoms with Gasteiger partial charge in [0.05, 0.1) is 5.69 Å². The summed E-state index contributed by atoms with van der Waals surface area (Å²) >= 11 is 4.09. The summed E-state index contributed by atoms with van der Waals surface area (Å²) in [5, 5.41) is 0. The summed E-state index contributed by atoms with van der Waals surface area (Å²) in [7, 11) is 0. The Kier molecular flexibility index (Phi) is 2.90. The molecule has 0 aliphatic heterocycles. The highest BCUT2D eigenvalue weighted by Crippen LogP contribution is 2.14. The van der Waals surface area contributed by atoms with Crippen molar-refractivity contribution >= 4 is 24.4 Å². The lowest BCUT2D eigenvalue weighted by molar-refractivity contribution is 0.565. The third-order valence-corrected chi connectivity index (χ3v) is 1.63. The predicted octanol–water partition coefficient (Wildman–Crippen LogP) is 2.08. The van der Waals surface area contributed by atoms with Crippen LogP contribution in [-0.4, -0.2) is 6.08 Å². The highest BCUT2D eigenvalue weighted by Gasteiger charge is 1.90. The Hall–Kier alpha value is -1.05. The van der Waals surface area contributed by atoms with Crippen molar-refractivity contribution in [2.24, 2.45) is 4.99 Å². The van der Waals surface area contributed by atoms with Gasteiger partial charge in [-0.15, -0.1) is 0 Å². The molecular weight excluding hydrogens is 158 g/mol. The molecule has 0 bridgehead atoms. The quantitative estimate of drug-likeness (QED) is 0.406. The number of hydrogen-bond acceptors (Lipinski definition) is 3. The first kappa shape index (κ1) is 8.05. The van der Waals surface area contributed by atoms with Gasteiger partial charge in [0.25, 0.3) is 0 Å². The summed E-state index contributed by atoms with van der Waals surface area (Å²) in [5.74, 6) is 0.655. The third kappa shape index (κ3) is 2.22. The highest BCUT2D eigenvalue weighted by atomic mass is 32.1. The van der Waals surface area contributed by atoms with Gasteiger partial charge in [0, 0.05) is 5.75 Å². The van der Waals surface area contributed by atoms with E-state index in [1.807, 2.05) is 12.1 Å². The number of thiol groups is 1. The Morgan fingerprint density at radius 1 is 1.55 bits per heavy atom. The lowest BCUT2D eigenvalue weighted by atomic mass is 10.2. The molecule has 0 atom stereocenters. The highest BCUT2D eigenvalue weighted by molar-refractivity contribution is 7.79. The number of isocyanates is 1. The van der Waals surface area contributed by atoms with Gasteiger partial charge in [-0.25, -0.2) is 4.79 Å². The fraction of sp³-hybridized carbons (Fsp3) is 0.125. The van der Waals surface area contributed by atoms with E-state index >= 15 is 0 Å². The van der Waals surface area contributed by atoms with Gasteiger partial charge in [-0.3, -0.25) is 0 Å². The molecule has 0 aliphatic rings. The average Bonchev–Trinajstić information content (AvgIpc) is 2.06. The Labute approximate surface area is 70.4 Å². The predicted molar refractivity (Wildman–Crippen MR) is 46.9 cm³/mol. The summed E-state index contributed by atoms with van der Waals surface area (Å²) in [4.78, 5) is 13.3. The summed E-state index contributed by atoms with van der Waals surface area (Å²) in [6.45, 7) is 0. The molecule has 0 heterocycles. The average molecular weight is 165 g/mol. The molecule has 0 aromatic heterocycles. The van der Waals surface area contributed by atoms with Crippen molar-refractivity contribution in [2.75, 3.05) is 0 Å². The number of hydrogen-bond donors (Lipinski definition) is 1. The maximum absolute atomic E-state index is 9.86. The molecule has 0 saturated heterocycles. The normalized spacial score (nSPS) is 8.82. The monoisotopic (exact) mass is 165 g/mol. The first-order chi connectivity index (χ1) is 5.36. The van der Waals surface area contributed by atoms with E-state index in [1.165, 1.54) is 6.08 Å². The maximum atomic E-state index is 9.86. The fourth-order valence-electron chi connectivity index (χ4n) is 0.777. The number of aliphatic imine (C=N–C) groups is 1. The lowest BCUT2D eigenvalue weighted by Gasteiger charge is -1.94. The minimum Gasteiger partial charge on any atom is -0.211 e. The number of nitrogens with zero attached hydrogens (tertiary/aromatic N) is 1. The Morgan fingerprint density at radius 3 is 3.00 bits per heavy atom. The van der Waals surface area contributed by atoms with Crippen LogP contribution in [0.4, 0.5) is 5.69 Å². The number of carbonyl (C=O) groups excluding carboxylic acids is 1. The van der Waals surface area contributed by atoms with Crippen LogP contribution in [0.2, 0.25) is 0 Å². The standard InChI is InChI=1S/C8H7NOS/c10-6-9-8-3-1-2-7(4-8)5-11/h1-4,11H,5H2. The second kappa shape index (κ2) is 3.96. The Bertz CT molecular complexity index is 292. The van der Waals surface area contributed by atoms with Gasteiger partial charge in [0.15, 0.2) is 0 Å². The molecule has 56 valence electrons. The molecule has 0 radical (unpaired) electrons. The first-order valence-electron chi connectivity index (χ1n) is 3.14. The molecule has 0 spiro atoms. The van der Waals surface area contributed by atoms with Crippen LogP contribution in [0.1, 0.15) is 5.56 Å². The van der Waals surface area contributed by atoms with E-state index in [2.05, 4.69) is 17.6 Å². The number of rotatable bonds is 2. The van der Waals surface area contributed by atoms with Gasteiger partial charge in [-0.2, -0.15) is 17.6 Å². The third-order valence-electron chi connectivity index (χ3n) is 1.27. The van der Waals surface area contributed by atoms with E-state index in [9.17, 15) is 4.79 Å². The van der Waals surface area contributed by atoms with E-state index in [-0.39, 0.29) is 0 Å². The van der Waals surface area contributed by atoms with Gasteiger partial charge >= 0.3 is 0 Å². The zero-order valence-corrected chi connectivity index (χ0v) is 6.71. The second-order valence-corrected chi connectivity index (χ2v) is 2.35. The van der Waals surface area contributed by atoms with Crippen LogP contribution in [0.25, 0.3) is 0 Å². The zero-order chi connectivity index (χ0) is 8.10. The van der Waals surface area contributed by atoms with Crippen LogP contribution < -0.4 is 0 Å². The van der Waals surface area contributed by atoms with Crippen molar-refractivity contribution in [3.63, 3.8) is 0 Å². The van der Waals surface area contributed by atoms with Gasteiger partial charge in [-0.1, -0.05) is 12.1 Å². The Morgan fingerprint density at radius 2 is 2.36 bits per heavy atom. The van der Waals surface area contributed by atoms with Crippen LogP contribution >= 0.6 is 12.6 Å². The summed E-state index contributed by atoms with van der Waals surface area (Å²) in [6, 6.07) is 7.31. The van der Waals surface area contributed by atoms with Crippen molar-refractivity contribution in [1.29, 1.82) is 0 Å². The second-order valence-electron chi connectivity index (χ2n) is 2.03. The van der Waals surface area contributed by atoms with Gasteiger partial charge < -0.3 is 0 Å². The van der Waals surface area contributed by atoms with Gasteiger partial charge in [0.1, 0.15) is 0 Å². The van der Waals surface area contributed by atoms with Gasteiger partial charge in [0.2, 0.25) is 6.08 Å². The van der Waals surface area contributed by atoms with Crippen molar-refractivity contribution in [3.8, 4) is 0 Å². The molecular formula is C8H7NOS. The molecule has 0 aliphatic carbocycles. The van der Waals surface area contributed by atoms with Crippen molar-refractivity contribution in [1.82, 2.24) is 0 Å². The van der Waals surface area contributed by atoms with Crippen molar-refractivity contribution < 1.29 is 4.79 Å². The largest absolute Gasteiger partial charge is 0.240 e. The maximum Gasteiger partial charge on any atom is 0.240 e. The molecule has 3 heteroatoms. The van der Waals surface area contributed by atoms with E-state index in [0.717, 1.165) is 5.56 Å². The zero-order valence-electron chi connectivity index (χ0n) is 5.82. The van der Waals surface area contributed by atoms with E-state index in [0.29, 0.717) is 11.4 Å². The lowest BCUT2D eigenvalue weighted by Crippen LogP contribution is -1.74. The first-order valence-corrected chi connectivity index (χ1v) is 3.77. The molecule has 1 aromatic rings. The topological polar surface area (TPSA) is 29.4 Å². The minimum absolute atomic E-state index is 0.631. The number of benzene rings is 1. The fourth-order valence-corrected chi connectivity index (χ4v) is 0.974. The van der Waals surface area contributed by atoms with Crippen molar-refractivity contribution in [3.05, 3.63) is 29.8 Å². The van der Waals surface area contributed by atoms with Gasteiger partial charge in [-0.05, 0) is 17.7 Å². The van der Waals surface area contributed by atoms with E-state index < -0.39 is 0 Å². The van der Waals surface area contributed by atoms with Crippen LogP contribution in [0, 0.1) is 0 Å². The Balaban J connectivity index is 3.00. The van der Waals surface area contributed by atoms with Crippen LogP contribution in [-0.2, 0) is 10.5 Å². The SMILES string of the molecule is O=C=Nc1cccc(CS)c1. The molecule has 1 rings (SSSR count). The van der Waals surface area contributed by atoms with Crippen LogP contribution in [0.15, 0.2) is 29.3 Å². The molecule has 0 saturated carbocycles. The van der Waals surface area contributed by atoms with E-state index in [4.69, 9.17) is 0 Å². The minimum atomic E-state index is 0.631. The van der Waals surface area contributed by atoms with Crippen molar-refractivity contribution in [2.45, 2.75) is 5.75 Å².